The summed E-state index contributed by atoms with van der Waals surface area (Å²) < 4.78 is 41.6. The average molecular weight is 314 g/mol. The summed E-state index contributed by atoms with van der Waals surface area (Å²) in [5.41, 5.74) is 5.51. The number of nitrogens with zero attached hydrogens (tertiary/aromatic N) is 1. The molecule has 1 aliphatic heterocycles. The standard InChI is InChI=1S/C13H19FN4O2S/c1-9-4-6-18(7-5-9)21(19,20)17-12-3-2-10(14)8-11(12)13(15)16/h2-3,8-9,17H,4-7H2,1H3,(H3,15,16). The van der Waals surface area contributed by atoms with E-state index in [2.05, 4.69) is 11.6 Å². The summed E-state index contributed by atoms with van der Waals surface area (Å²) in [6.07, 6.45) is 1.62. The molecule has 2 rings (SSSR count). The minimum absolute atomic E-state index is 0.0314. The number of nitrogens with one attached hydrogen (secondary N) is 2. The van der Waals surface area contributed by atoms with Crippen LogP contribution in [0.2, 0.25) is 0 Å². The number of amidine groups is 1. The van der Waals surface area contributed by atoms with Crippen LogP contribution in [0.1, 0.15) is 25.3 Å². The molecule has 116 valence electrons. The first-order chi connectivity index (χ1) is 9.79. The van der Waals surface area contributed by atoms with Gasteiger partial charge in [0, 0.05) is 18.7 Å². The van der Waals surface area contributed by atoms with E-state index in [0.29, 0.717) is 19.0 Å². The van der Waals surface area contributed by atoms with Gasteiger partial charge in [0.05, 0.1) is 5.69 Å². The second-order valence-corrected chi connectivity index (χ2v) is 6.96. The highest BCUT2D eigenvalue weighted by atomic mass is 32.2. The van der Waals surface area contributed by atoms with Gasteiger partial charge in [-0.05, 0) is 37.0 Å². The first-order valence-corrected chi connectivity index (χ1v) is 8.15. The van der Waals surface area contributed by atoms with Crippen LogP contribution in [0.15, 0.2) is 18.2 Å². The molecule has 0 radical (unpaired) electrons. The van der Waals surface area contributed by atoms with Crippen LogP contribution in [0.25, 0.3) is 0 Å². The largest absolute Gasteiger partial charge is 0.384 e. The molecular formula is C13H19FN4O2S. The molecule has 1 aromatic carbocycles. The molecule has 4 N–H and O–H groups in total. The second kappa shape index (κ2) is 5.98. The maximum atomic E-state index is 13.2. The number of nitrogens with two attached hydrogens (primary N) is 1. The summed E-state index contributed by atoms with van der Waals surface area (Å²) in [5, 5.41) is 7.41. The Labute approximate surface area is 123 Å². The van der Waals surface area contributed by atoms with E-state index in [1.165, 1.54) is 10.4 Å². The van der Waals surface area contributed by atoms with Gasteiger partial charge >= 0.3 is 10.2 Å². The molecule has 0 saturated carbocycles. The predicted octanol–water partition coefficient (Wildman–Crippen LogP) is 1.50. The van der Waals surface area contributed by atoms with Crippen LogP contribution in [0.3, 0.4) is 0 Å². The normalized spacial score (nSPS) is 17.6. The Kier molecular flexibility index (Phi) is 4.48. The molecule has 1 heterocycles. The van der Waals surface area contributed by atoms with Crippen LogP contribution < -0.4 is 10.5 Å². The topological polar surface area (TPSA) is 99.3 Å². The second-order valence-electron chi connectivity index (χ2n) is 5.29. The first-order valence-electron chi connectivity index (χ1n) is 6.71. The van der Waals surface area contributed by atoms with Gasteiger partial charge in [0.15, 0.2) is 0 Å². The lowest BCUT2D eigenvalue weighted by atomic mass is 10.0. The summed E-state index contributed by atoms with van der Waals surface area (Å²) in [4.78, 5) is 0. The fraction of sp³-hybridized carbons (Fsp3) is 0.462. The molecule has 0 amide bonds. The van der Waals surface area contributed by atoms with Crippen LogP contribution in [0.5, 0.6) is 0 Å². The van der Waals surface area contributed by atoms with E-state index in [1.54, 1.807) is 0 Å². The van der Waals surface area contributed by atoms with Crippen LogP contribution in [0.4, 0.5) is 10.1 Å². The SMILES string of the molecule is CC1CCN(S(=O)(=O)Nc2ccc(F)cc2C(=N)N)CC1. The Morgan fingerprint density at radius 2 is 2.05 bits per heavy atom. The Morgan fingerprint density at radius 1 is 1.43 bits per heavy atom. The molecule has 1 aliphatic rings. The van der Waals surface area contributed by atoms with Gasteiger partial charge in [0.1, 0.15) is 11.7 Å². The monoisotopic (exact) mass is 314 g/mol. The van der Waals surface area contributed by atoms with Gasteiger partial charge in [0.25, 0.3) is 0 Å². The van der Waals surface area contributed by atoms with Gasteiger partial charge in [-0.1, -0.05) is 6.92 Å². The van der Waals surface area contributed by atoms with Crippen molar-refractivity contribution in [1.82, 2.24) is 4.31 Å². The zero-order valence-electron chi connectivity index (χ0n) is 11.8. The van der Waals surface area contributed by atoms with Crippen LogP contribution in [-0.4, -0.2) is 31.6 Å². The van der Waals surface area contributed by atoms with Crippen LogP contribution >= 0.6 is 0 Å². The van der Waals surface area contributed by atoms with Crippen molar-refractivity contribution in [3.8, 4) is 0 Å². The molecule has 1 saturated heterocycles. The van der Waals surface area contributed by atoms with E-state index in [1.807, 2.05) is 0 Å². The zero-order chi connectivity index (χ0) is 15.6. The number of halogens is 1. The molecule has 1 aromatic rings. The van der Waals surface area contributed by atoms with Crippen molar-refractivity contribution in [1.29, 1.82) is 5.41 Å². The summed E-state index contributed by atoms with van der Waals surface area (Å²) in [6.45, 7) is 2.99. The third-order valence-electron chi connectivity index (χ3n) is 3.59. The van der Waals surface area contributed by atoms with Gasteiger partial charge in [-0.3, -0.25) is 10.1 Å². The van der Waals surface area contributed by atoms with Crippen molar-refractivity contribution < 1.29 is 12.8 Å². The van der Waals surface area contributed by atoms with Crippen molar-refractivity contribution in [2.45, 2.75) is 19.8 Å². The van der Waals surface area contributed by atoms with Gasteiger partial charge in [0.2, 0.25) is 0 Å². The Morgan fingerprint density at radius 3 is 2.62 bits per heavy atom. The van der Waals surface area contributed by atoms with Crippen LogP contribution in [0, 0.1) is 17.1 Å². The third-order valence-corrected chi connectivity index (χ3v) is 5.12. The maximum absolute atomic E-state index is 13.2. The highest BCUT2D eigenvalue weighted by Crippen LogP contribution is 2.22. The molecule has 0 unspecified atom stereocenters. The molecule has 0 aromatic heterocycles. The van der Waals surface area contributed by atoms with Crippen molar-refractivity contribution >= 4 is 21.7 Å². The minimum atomic E-state index is -3.72. The van der Waals surface area contributed by atoms with Gasteiger partial charge in [-0.2, -0.15) is 12.7 Å². The lowest BCUT2D eigenvalue weighted by Gasteiger charge is -2.29. The van der Waals surface area contributed by atoms with Crippen LogP contribution in [-0.2, 0) is 10.2 Å². The lowest BCUT2D eigenvalue weighted by molar-refractivity contribution is 0.289. The molecule has 1 fully saturated rings. The molecule has 8 heteroatoms. The predicted molar refractivity (Wildman–Crippen MR) is 79.9 cm³/mol. The summed E-state index contributed by atoms with van der Waals surface area (Å²) in [6, 6.07) is 3.44. The Balaban J connectivity index is 2.23. The van der Waals surface area contributed by atoms with E-state index >= 15 is 0 Å². The quantitative estimate of drug-likeness (QED) is 0.580. The molecule has 0 aliphatic carbocycles. The number of hydrogen-bond acceptors (Lipinski definition) is 3. The van der Waals surface area contributed by atoms with E-state index in [4.69, 9.17) is 11.1 Å². The molecule has 21 heavy (non-hydrogen) atoms. The fourth-order valence-corrected chi connectivity index (χ4v) is 3.53. The fourth-order valence-electron chi connectivity index (χ4n) is 2.26. The van der Waals surface area contributed by atoms with Crippen molar-refractivity contribution in [2.24, 2.45) is 11.7 Å². The van der Waals surface area contributed by atoms with Gasteiger partial charge in [-0.15, -0.1) is 0 Å². The number of hydrogen-bond donors (Lipinski definition) is 3. The smallest absolute Gasteiger partial charge is 0.301 e. The third kappa shape index (κ3) is 3.70. The lowest BCUT2D eigenvalue weighted by Crippen LogP contribution is -2.41. The molecular weight excluding hydrogens is 295 g/mol. The average Bonchev–Trinajstić information content (AvgIpc) is 2.41. The van der Waals surface area contributed by atoms with E-state index < -0.39 is 16.0 Å². The van der Waals surface area contributed by atoms with Crippen molar-refractivity contribution in [3.63, 3.8) is 0 Å². The number of nitrogen functional groups attached to an aromatic ring is 1. The number of piperidine rings is 1. The summed E-state index contributed by atoms with van der Waals surface area (Å²) in [5.74, 6) is -0.454. The van der Waals surface area contributed by atoms with Crippen molar-refractivity contribution in [2.75, 3.05) is 17.8 Å². The number of benzene rings is 1. The molecule has 0 bridgehead atoms. The highest BCUT2D eigenvalue weighted by molar-refractivity contribution is 7.90. The minimum Gasteiger partial charge on any atom is -0.384 e. The van der Waals surface area contributed by atoms with Gasteiger partial charge in [-0.25, -0.2) is 4.39 Å². The Bertz CT molecular complexity index is 640. The molecule has 0 atom stereocenters. The summed E-state index contributed by atoms with van der Waals surface area (Å²) in [7, 11) is -3.72. The number of rotatable bonds is 4. The van der Waals surface area contributed by atoms with Gasteiger partial charge < -0.3 is 5.73 Å². The van der Waals surface area contributed by atoms with E-state index in [0.717, 1.165) is 25.0 Å². The van der Waals surface area contributed by atoms with E-state index in [-0.39, 0.29) is 17.1 Å². The number of anilines is 1. The maximum Gasteiger partial charge on any atom is 0.301 e. The highest BCUT2D eigenvalue weighted by Gasteiger charge is 2.27. The molecule has 6 nitrogen and oxygen atoms in total. The Hall–Kier alpha value is -1.67. The molecule has 0 spiro atoms. The summed E-state index contributed by atoms with van der Waals surface area (Å²) >= 11 is 0. The van der Waals surface area contributed by atoms with E-state index in [9.17, 15) is 12.8 Å². The van der Waals surface area contributed by atoms with Crippen molar-refractivity contribution in [3.05, 3.63) is 29.6 Å². The first kappa shape index (κ1) is 15.7. The zero-order valence-corrected chi connectivity index (χ0v) is 12.6.